The molecule has 0 spiro atoms. The van der Waals surface area contributed by atoms with Crippen LogP contribution in [0.3, 0.4) is 0 Å². The van der Waals surface area contributed by atoms with Gasteiger partial charge in [-0.3, -0.25) is 10.1 Å². The predicted molar refractivity (Wildman–Crippen MR) is 58.0 cm³/mol. The number of halogens is 5. The van der Waals surface area contributed by atoms with Crippen LogP contribution in [0.4, 0.5) is 18.9 Å². The Morgan fingerprint density at radius 2 is 2.00 bits per heavy atom. The second-order valence-electron chi connectivity index (χ2n) is 2.96. The summed E-state index contributed by atoms with van der Waals surface area (Å²) in [6, 6.07) is 3.09. The molecule has 8 heteroatoms. The molecule has 0 saturated heterocycles. The average molecular weight is 286 g/mol. The first-order chi connectivity index (χ1) is 7.70. The van der Waals surface area contributed by atoms with E-state index in [1.54, 1.807) is 0 Å². The van der Waals surface area contributed by atoms with E-state index >= 15 is 0 Å². The average Bonchev–Trinajstić information content (AvgIpc) is 2.14. The van der Waals surface area contributed by atoms with Crippen molar-refractivity contribution in [1.29, 1.82) is 0 Å². The van der Waals surface area contributed by atoms with E-state index in [9.17, 15) is 23.3 Å². The summed E-state index contributed by atoms with van der Waals surface area (Å²) in [5.74, 6) is 0. The SMILES string of the molecule is O=[N+]([O-])c1ccc(C(Cl)=CC(F)(F)F)cc1Cl. The van der Waals surface area contributed by atoms with Gasteiger partial charge in [0.05, 0.1) is 9.96 Å². The van der Waals surface area contributed by atoms with Gasteiger partial charge >= 0.3 is 6.18 Å². The summed E-state index contributed by atoms with van der Waals surface area (Å²) in [6.45, 7) is 0. The largest absolute Gasteiger partial charge is 0.411 e. The molecule has 1 aromatic rings. The molecule has 92 valence electrons. The van der Waals surface area contributed by atoms with Crippen LogP contribution in [0.1, 0.15) is 5.56 Å². The number of hydrogen-bond acceptors (Lipinski definition) is 2. The van der Waals surface area contributed by atoms with E-state index in [4.69, 9.17) is 23.2 Å². The van der Waals surface area contributed by atoms with Crippen molar-refractivity contribution in [3.8, 4) is 0 Å². The minimum Gasteiger partial charge on any atom is -0.258 e. The maximum absolute atomic E-state index is 12.0. The van der Waals surface area contributed by atoms with Crippen LogP contribution in [0.2, 0.25) is 5.02 Å². The summed E-state index contributed by atoms with van der Waals surface area (Å²) in [5.41, 5.74) is -0.438. The Labute approximate surface area is 104 Å². The Morgan fingerprint density at radius 1 is 1.41 bits per heavy atom. The molecule has 0 radical (unpaired) electrons. The van der Waals surface area contributed by atoms with E-state index in [-0.39, 0.29) is 16.7 Å². The van der Waals surface area contributed by atoms with Crippen molar-refractivity contribution < 1.29 is 18.1 Å². The van der Waals surface area contributed by atoms with Crippen LogP contribution in [0, 0.1) is 10.1 Å². The Bertz CT molecular complexity index is 486. The van der Waals surface area contributed by atoms with E-state index in [2.05, 4.69) is 0 Å². The first-order valence-corrected chi connectivity index (χ1v) is 4.85. The molecular weight excluding hydrogens is 282 g/mol. The van der Waals surface area contributed by atoms with Crippen molar-refractivity contribution in [2.75, 3.05) is 0 Å². The van der Waals surface area contributed by atoms with Crippen molar-refractivity contribution in [1.82, 2.24) is 0 Å². The van der Waals surface area contributed by atoms with Crippen LogP contribution in [-0.2, 0) is 0 Å². The van der Waals surface area contributed by atoms with Gasteiger partial charge in [0.1, 0.15) is 5.02 Å². The normalized spacial score (nSPS) is 12.6. The zero-order valence-electron chi connectivity index (χ0n) is 7.96. The summed E-state index contributed by atoms with van der Waals surface area (Å²) in [5, 5.41) is 9.56. The molecular formula is C9H4Cl2F3NO2. The van der Waals surface area contributed by atoms with E-state index in [1.165, 1.54) is 0 Å². The fourth-order valence-corrected chi connectivity index (χ4v) is 1.52. The van der Waals surface area contributed by atoms with Gasteiger partial charge in [0.15, 0.2) is 0 Å². The molecule has 1 rings (SSSR count). The third kappa shape index (κ3) is 3.90. The number of nitro benzene ring substituents is 1. The van der Waals surface area contributed by atoms with Crippen molar-refractivity contribution >= 4 is 33.9 Å². The van der Waals surface area contributed by atoms with Gasteiger partial charge in [0.2, 0.25) is 0 Å². The second kappa shape index (κ2) is 4.93. The quantitative estimate of drug-likeness (QED) is 0.597. The van der Waals surface area contributed by atoms with Crippen LogP contribution >= 0.6 is 23.2 Å². The van der Waals surface area contributed by atoms with Crippen molar-refractivity contribution in [2.24, 2.45) is 0 Å². The number of benzene rings is 1. The Hall–Kier alpha value is -1.27. The third-order valence-electron chi connectivity index (χ3n) is 1.71. The number of rotatable bonds is 2. The van der Waals surface area contributed by atoms with Gasteiger partial charge in [-0.25, -0.2) is 0 Å². The molecule has 1 aromatic carbocycles. The van der Waals surface area contributed by atoms with Gasteiger partial charge in [-0.1, -0.05) is 23.2 Å². The lowest BCUT2D eigenvalue weighted by molar-refractivity contribution is -0.384. The number of nitro groups is 1. The predicted octanol–water partition coefficient (Wildman–Crippen LogP) is 4.39. The van der Waals surface area contributed by atoms with Crippen LogP contribution in [0.25, 0.3) is 5.03 Å². The molecule has 0 aliphatic rings. The molecule has 0 bridgehead atoms. The zero-order valence-corrected chi connectivity index (χ0v) is 9.47. The first kappa shape index (κ1) is 13.8. The molecule has 0 fully saturated rings. The summed E-state index contributed by atoms with van der Waals surface area (Å²) < 4.78 is 36.0. The lowest BCUT2D eigenvalue weighted by Crippen LogP contribution is -2.01. The molecule has 0 unspecified atom stereocenters. The summed E-state index contributed by atoms with van der Waals surface area (Å²) in [4.78, 5) is 9.68. The molecule has 17 heavy (non-hydrogen) atoms. The monoisotopic (exact) mass is 285 g/mol. The van der Waals surface area contributed by atoms with Crippen molar-refractivity contribution in [3.63, 3.8) is 0 Å². The topological polar surface area (TPSA) is 43.1 Å². The smallest absolute Gasteiger partial charge is 0.258 e. The highest BCUT2D eigenvalue weighted by Gasteiger charge is 2.25. The van der Waals surface area contributed by atoms with Gasteiger partial charge in [0.25, 0.3) is 5.69 Å². The van der Waals surface area contributed by atoms with E-state index in [0.29, 0.717) is 0 Å². The van der Waals surface area contributed by atoms with Crippen molar-refractivity contribution in [2.45, 2.75) is 6.18 Å². The van der Waals surface area contributed by atoms with Crippen LogP contribution in [-0.4, -0.2) is 11.1 Å². The first-order valence-electron chi connectivity index (χ1n) is 4.10. The fraction of sp³-hybridized carbons (Fsp3) is 0.111. The Morgan fingerprint density at radius 3 is 2.41 bits per heavy atom. The lowest BCUT2D eigenvalue weighted by Gasteiger charge is -2.03. The van der Waals surface area contributed by atoms with Gasteiger partial charge in [0, 0.05) is 12.1 Å². The minimum atomic E-state index is -4.56. The van der Waals surface area contributed by atoms with Gasteiger partial charge in [-0.15, -0.1) is 0 Å². The summed E-state index contributed by atoms with van der Waals surface area (Å²) in [6.07, 6.45) is -4.68. The third-order valence-corrected chi connectivity index (χ3v) is 2.34. The molecule has 0 saturated carbocycles. The Balaban J connectivity index is 3.15. The van der Waals surface area contributed by atoms with E-state index in [1.807, 2.05) is 0 Å². The number of alkyl halides is 3. The molecule has 0 aliphatic carbocycles. The lowest BCUT2D eigenvalue weighted by atomic mass is 10.2. The summed E-state index contributed by atoms with van der Waals surface area (Å²) in [7, 11) is 0. The van der Waals surface area contributed by atoms with Crippen LogP contribution in [0.5, 0.6) is 0 Å². The van der Waals surface area contributed by atoms with Gasteiger partial charge < -0.3 is 0 Å². The van der Waals surface area contributed by atoms with Gasteiger partial charge in [-0.05, 0) is 17.7 Å². The molecule has 0 N–H and O–H groups in total. The standard InChI is InChI=1S/C9H4Cl2F3NO2/c10-6-3-5(1-2-8(6)15(16)17)7(11)4-9(12,13)14/h1-4H. The van der Waals surface area contributed by atoms with Crippen LogP contribution in [0.15, 0.2) is 24.3 Å². The fourth-order valence-electron chi connectivity index (χ4n) is 1.03. The van der Waals surface area contributed by atoms with Crippen molar-refractivity contribution in [3.05, 3.63) is 45.0 Å². The molecule has 0 aromatic heterocycles. The summed E-state index contributed by atoms with van der Waals surface area (Å²) >= 11 is 10.9. The highest BCUT2D eigenvalue weighted by Crippen LogP contribution is 2.31. The highest BCUT2D eigenvalue weighted by atomic mass is 35.5. The van der Waals surface area contributed by atoms with Crippen LogP contribution < -0.4 is 0 Å². The maximum Gasteiger partial charge on any atom is 0.411 e. The highest BCUT2D eigenvalue weighted by molar-refractivity contribution is 6.49. The maximum atomic E-state index is 12.0. The molecule has 0 atom stereocenters. The number of hydrogen-bond donors (Lipinski definition) is 0. The van der Waals surface area contributed by atoms with E-state index in [0.717, 1.165) is 18.2 Å². The zero-order chi connectivity index (χ0) is 13.2. The number of nitrogens with zero attached hydrogens (tertiary/aromatic N) is 1. The molecule has 0 amide bonds. The second-order valence-corrected chi connectivity index (χ2v) is 3.77. The molecule has 0 heterocycles. The molecule has 3 nitrogen and oxygen atoms in total. The Kier molecular flexibility index (Phi) is 4.00. The minimum absolute atomic E-state index is 0.0420. The van der Waals surface area contributed by atoms with Gasteiger partial charge in [-0.2, -0.15) is 13.2 Å². The molecule has 0 aliphatic heterocycles. The van der Waals surface area contributed by atoms with E-state index < -0.39 is 21.8 Å². The number of allylic oxidation sites excluding steroid dienone is 1.